The highest BCUT2D eigenvalue weighted by atomic mass is 32.2. The fourth-order valence-electron chi connectivity index (χ4n) is 2.14. The molecule has 2 aromatic heterocycles. The average Bonchev–Trinajstić information content (AvgIpc) is 2.94. The van der Waals surface area contributed by atoms with Gasteiger partial charge in [0.05, 0.1) is 17.2 Å². The lowest BCUT2D eigenvalue weighted by atomic mass is 10.3. The van der Waals surface area contributed by atoms with Gasteiger partial charge >= 0.3 is 0 Å². The van der Waals surface area contributed by atoms with E-state index in [2.05, 4.69) is 21.4 Å². The minimum Gasteiger partial charge on any atom is -0.269 e. The summed E-state index contributed by atoms with van der Waals surface area (Å²) in [7, 11) is -0.949. The summed E-state index contributed by atoms with van der Waals surface area (Å²) < 4.78 is 14.0. The summed E-state index contributed by atoms with van der Waals surface area (Å²) >= 11 is 1.51. The summed E-state index contributed by atoms with van der Waals surface area (Å²) in [5.74, 6) is 0.992. The first-order valence-corrected chi connectivity index (χ1v) is 8.21. The predicted octanol–water partition coefficient (Wildman–Crippen LogP) is 1.44. The Bertz CT molecular complexity index is 568. The second-order valence-corrected chi connectivity index (χ2v) is 7.12. The van der Waals surface area contributed by atoms with E-state index in [1.54, 1.807) is 0 Å². The van der Waals surface area contributed by atoms with Gasteiger partial charge in [-0.2, -0.15) is 5.10 Å². The van der Waals surface area contributed by atoms with Crippen LogP contribution >= 0.6 is 11.3 Å². The normalized spacial score (nSPS) is 15.8. The molecule has 0 saturated heterocycles. The first-order valence-electron chi connectivity index (χ1n) is 5.90. The molecule has 3 heterocycles. The standard InChI is InChI=1S/C11H14N4OS2/c1-8-12-13-11(17-8)7-18(16)6-9-5-10-3-2-4-15(10)14-9/h5H,2-4,6-7H2,1H3. The van der Waals surface area contributed by atoms with Crippen molar-refractivity contribution in [2.24, 2.45) is 0 Å². The van der Waals surface area contributed by atoms with Gasteiger partial charge in [-0.25, -0.2) is 0 Å². The summed E-state index contributed by atoms with van der Waals surface area (Å²) in [4.78, 5) is 0. The molecule has 1 unspecified atom stereocenters. The van der Waals surface area contributed by atoms with Crippen LogP contribution in [0.5, 0.6) is 0 Å². The molecule has 0 bridgehead atoms. The molecule has 1 aliphatic rings. The van der Waals surface area contributed by atoms with Crippen molar-refractivity contribution in [3.05, 3.63) is 27.5 Å². The lowest BCUT2D eigenvalue weighted by Gasteiger charge is -1.96. The highest BCUT2D eigenvalue weighted by Crippen LogP contribution is 2.17. The molecule has 3 rings (SSSR count). The molecule has 1 atom stereocenters. The second-order valence-electron chi connectivity index (χ2n) is 4.40. The Morgan fingerprint density at radius 2 is 2.33 bits per heavy atom. The third kappa shape index (κ3) is 2.51. The van der Waals surface area contributed by atoms with Crippen LogP contribution in [0.3, 0.4) is 0 Å². The van der Waals surface area contributed by atoms with Crippen molar-refractivity contribution >= 4 is 22.1 Å². The van der Waals surface area contributed by atoms with Gasteiger partial charge in [-0.3, -0.25) is 8.89 Å². The fourth-order valence-corrected chi connectivity index (χ4v) is 4.18. The SMILES string of the molecule is Cc1nnc(CS(=O)Cc2cc3n(n2)CCC3)s1. The largest absolute Gasteiger partial charge is 0.269 e. The molecule has 0 radical (unpaired) electrons. The highest BCUT2D eigenvalue weighted by molar-refractivity contribution is 7.83. The van der Waals surface area contributed by atoms with Gasteiger partial charge in [0, 0.05) is 23.0 Å². The minimum atomic E-state index is -0.949. The zero-order chi connectivity index (χ0) is 12.5. The Labute approximate surface area is 112 Å². The lowest BCUT2D eigenvalue weighted by molar-refractivity contribution is 0.646. The third-order valence-corrected chi connectivity index (χ3v) is 5.11. The maximum absolute atomic E-state index is 12.0. The maximum atomic E-state index is 12.0. The number of aromatic nitrogens is 4. The van der Waals surface area contributed by atoms with E-state index in [1.807, 2.05) is 11.6 Å². The van der Waals surface area contributed by atoms with Crippen LogP contribution in [0, 0.1) is 6.92 Å². The van der Waals surface area contributed by atoms with E-state index in [0.29, 0.717) is 11.5 Å². The summed E-state index contributed by atoms with van der Waals surface area (Å²) in [6, 6.07) is 2.08. The Morgan fingerprint density at radius 3 is 3.06 bits per heavy atom. The Balaban J connectivity index is 1.63. The number of nitrogens with zero attached hydrogens (tertiary/aromatic N) is 4. The number of rotatable bonds is 4. The van der Waals surface area contributed by atoms with E-state index in [9.17, 15) is 4.21 Å². The Kier molecular flexibility index (Phi) is 3.25. The van der Waals surface area contributed by atoms with Crippen molar-refractivity contribution in [3.8, 4) is 0 Å². The van der Waals surface area contributed by atoms with Crippen molar-refractivity contribution in [1.82, 2.24) is 20.0 Å². The summed E-state index contributed by atoms with van der Waals surface area (Å²) in [6.07, 6.45) is 2.27. The summed E-state index contributed by atoms with van der Waals surface area (Å²) in [5, 5.41) is 14.2. The maximum Gasteiger partial charge on any atom is 0.129 e. The van der Waals surface area contributed by atoms with Gasteiger partial charge in [0.1, 0.15) is 10.0 Å². The fraction of sp³-hybridized carbons (Fsp3) is 0.545. The first kappa shape index (κ1) is 12.0. The van der Waals surface area contributed by atoms with E-state index in [-0.39, 0.29) is 0 Å². The van der Waals surface area contributed by atoms with Crippen LogP contribution in [-0.2, 0) is 35.3 Å². The van der Waals surface area contributed by atoms with Crippen molar-refractivity contribution in [1.29, 1.82) is 0 Å². The molecule has 1 aliphatic heterocycles. The molecule has 18 heavy (non-hydrogen) atoms. The number of hydrogen-bond acceptors (Lipinski definition) is 5. The van der Waals surface area contributed by atoms with Crippen molar-refractivity contribution in [2.75, 3.05) is 0 Å². The van der Waals surface area contributed by atoms with E-state index in [1.165, 1.54) is 23.5 Å². The molecular weight excluding hydrogens is 268 g/mol. The quantitative estimate of drug-likeness (QED) is 0.851. The zero-order valence-electron chi connectivity index (χ0n) is 10.1. The predicted molar refractivity (Wildman–Crippen MR) is 70.7 cm³/mol. The summed E-state index contributed by atoms with van der Waals surface area (Å²) in [6.45, 7) is 2.90. The molecule has 0 saturated carbocycles. The van der Waals surface area contributed by atoms with Crippen LogP contribution in [0.1, 0.15) is 27.8 Å². The topological polar surface area (TPSA) is 60.7 Å². The molecule has 5 nitrogen and oxygen atoms in total. The van der Waals surface area contributed by atoms with Crippen LogP contribution in [-0.4, -0.2) is 24.2 Å². The molecule has 0 aliphatic carbocycles. The van der Waals surface area contributed by atoms with Crippen molar-refractivity contribution in [3.63, 3.8) is 0 Å². The van der Waals surface area contributed by atoms with E-state index < -0.39 is 10.8 Å². The van der Waals surface area contributed by atoms with Gasteiger partial charge < -0.3 is 0 Å². The third-order valence-electron chi connectivity index (χ3n) is 2.88. The average molecular weight is 282 g/mol. The molecule has 0 spiro atoms. The number of hydrogen-bond donors (Lipinski definition) is 0. The van der Waals surface area contributed by atoms with Crippen molar-refractivity contribution < 1.29 is 4.21 Å². The van der Waals surface area contributed by atoms with Gasteiger partial charge in [0.2, 0.25) is 0 Å². The van der Waals surface area contributed by atoms with Gasteiger partial charge in [0.15, 0.2) is 0 Å². The molecule has 96 valence electrons. The molecule has 7 heteroatoms. The van der Waals surface area contributed by atoms with E-state index in [0.717, 1.165) is 28.7 Å². The monoisotopic (exact) mass is 282 g/mol. The Hall–Kier alpha value is -1.08. The van der Waals surface area contributed by atoms with Crippen LogP contribution in [0.25, 0.3) is 0 Å². The smallest absolute Gasteiger partial charge is 0.129 e. The number of aryl methyl sites for hydroxylation is 3. The lowest BCUT2D eigenvalue weighted by Crippen LogP contribution is -2.01. The van der Waals surface area contributed by atoms with Gasteiger partial charge in [-0.05, 0) is 25.8 Å². The van der Waals surface area contributed by atoms with Crippen LogP contribution in [0.2, 0.25) is 0 Å². The van der Waals surface area contributed by atoms with Gasteiger partial charge in [-0.1, -0.05) is 0 Å². The van der Waals surface area contributed by atoms with Gasteiger partial charge in [0.25, 0.3) is 0 Å². The minimum absolute atomic E-state index is 0.480. The van der Waals surface area contributed by atoms with Gasteiger partial charge in [-0.15, -0.1) is 21.5 Å². The Morgan fingerprint density at radius 1 is 1.44 bits per heavy atom. The second kappa shape index (κ2) is 4.89. The zero-order valence-corrected chi connectivity index (χ0v) is 11.8. The molecule has 0 aromatic carbocycles. The first-order chi connectivity index (χ1) is 8.70. The molecule has 0 fully saturated rings. The van der Waals surface area contributed by atoms with Crippen molar-refractivity contribution in [2.45, 2.75) is 37.8 Å². The molecule has 0 N–H and O–H groups in total. The van der Waals surface area contributed by atoms with Crippen LogP contribution in [0.4, 0.5) is 0 Å². The molecule has 2 aromatic rings. The van der Waals surface area contributed by atoms with Crippen LogP contribution in [0.15, 0.2) is 6.07 Å². The van der Waals surface area contributed by atoms with E-state index >= 15 is 0 Å². The number of fused-ring (bicyclic) bond motifs is 1. The highest BCUT2D eigenvalue weighted by Gasteiger charge is 2.15. The van der Waals surface area contributed by atoms with Crippen LogP contribution < -0.4 is 0 Å². The van der Waals surface area contributed by atoms with E-state index in [4.69, 9.17) is 0 Å². The molecular formula is C11H14N4OS2. The summed E-state index contributed by atoms with van der Waals surface area (Å²) in [5.41, 5.74) is 2.21. The molecule has 0 amide bonds.